The van der Waals surface area contributed by atoms with Crippen LogP contribution in [0.2, 0.25) is 0 Å². The quantitative estimate of drug-likeness (QED) is 0.871. The van der Waals surface area contributed by atoms with Crippen molar-refractivity contribution in [3.05, 3.63) is 23.7 Å². The van der Waals surface area contributed by atoms with Gasteiger partial charge in [-0.3, -0.25) is 4.79 Å². The molecule has 2 aliphatic rings. The van der Waals surface area contributed by atoms with Gasteiger partial charge in [0.15, 0.2) is 0 Å². The van der Waals surface area contributed by atoms with Gasteiger partial charge in [-0.1, -0.05) is 12.8 Å². The lowest BCUT2D eigenvalue weighted by atomic mass is 9.92. The average Bonchev–Trinajstić information content (AvgIpc) is 3.14. The minimum absolute atomic E-state index is 0.0926. The summed E-state index contributed by atoms with van der Waals surface area (Å²) in [5.41, 5.74) is 0.322. The van der Waals surface area contributed by atoms with E-state index < -0.39 is 0 Å². The van der Waals surface area contributed by atoms with Crippen LogP contribution in [0.1, 0.15) is 48.2 Å². The normalized spacial score (nSPS) is 25.0. The molecule has 2 heterocycles. The van der Waals surface area contributed by atoms with Crippen LogP contribution < -0.4 is 5.32 Å². The number of amides is 1. The first-order valence-corrected chi connectivity index (χ1v) is 6.87. The van der Waals surface area contributed by atoms with Gasteiger partial charge in [0.2, 0.25) is 0 Å². The van der Waals surface area contributed by atoms with Crippen LogP contribution in [0.25, 0.3) is 0 Å². The number of aliphatic hydroxyl groups excluding tert-OH is 1. The second-order valence-electron chi connectivity index (χ2n) is 5.39. The molecule has 0 bridgehead atoms. The first-order chi connectivity index (χ1) is 9.23. The van der Waals surface area contributed by atoms with E-state index in [9.17, 15) is 4.79 Å². The van der Waals surface area contributed by atoms with Crippen molar-refractivity contribution in [1.29, 1.82) is 0 Å². The zero-order chi connectivity index (χ0) is 13.3. The monoisotopic (exact) mass is 265 g/mol. The van der Waals surface area contributed by atoms with Crippen molar-refractivity contribution < 1.29 is 19.1 Å². The fourth-order valence-electron chi connectivity index (χ4n) is 3.24. The van der Waals surface area contributed by atoms with Crippen molar-refractivity contribution >= 4 is 5.91 Å². The summed E-state index contributed by atoms with van der Waals surface area (Å²) in [6.45, 7) is 0.530. The Balaban J connectivity index is 1.68. The maximum absolute atomic E-state index is 12.2. The third kappa shape index (κ3) is 2.28. The minimum atomic E-state index is -0.191. The van der Waals surface area contributed by atoms with Gasteiger partial charge in [-0.2, -0.15) is 0 Å². The average molecular weight is 265 g/mol. The van der Waals surface area contributed by atoms with Crippen molar-refractivity contribution in [1.82, 2.24) is 5.32 Å². The molecule has 1 aliphatic carbocycles. The van der Waals surface area contributed by atoms with E-state index in [0.29, 0.717) is 11.3 Å². The number of hydrogen-bond donors (Lipinski definition) is 2. The predicted molar refractivity (Wildman–Crippen MR) is 67.7 cm³/mol. The molecule has 1 saturated heterocycles. The molecule has 1 aliphatic heterocycles. The highest BCUT2D eigenvalue weighted by molar-refractivity contribution is 5.94. The van der Waals surface area contributed by atoms with Crippen LogP contribution in [0.4, 0.5) is 0 Å². The second-order valence-corrected chi connectivity index (χ2v) is 5.39. The molecular formula is C14H19NO4. The molecule has 2 N–H and O–H groups in total. The van der Waals surface area contributed by atoms with Crippen molar-refractivity contribution in [2.75, 3.05) is 6.61 Å². The topological polar surface area (TPSA) is 71.7 Å². The summed E-state index contributed by atoms with van der Waals surface area (Å²) in [5.74, 6) is 0.258. The molecule has 5 heteroatoms. The molecule has 0 radical (unpaired) electrons. The minimum Gasteiger partial charge on any atom is -0.466 e. The summed E-state index contributed by atoms with van der Waals surface area (Å²) in [6.07, 6.45) is 6.67. The van der Waals surface area contributed by atoms with Gasteiger partial charge in [-0.15, -0.1) is 0 Å². The maximum atomic E-state index is 12.2. The van der Waals surface area contributed by atoms with Crippen LogP contribution in [0.5, 0.6) is 0 Å². The molecule has 5 nitrogen and oxygen atoms in total. The number of ether oxygens (including phenoxy) is 1. The van der Waals surface area contributed by atoms with Crippen molar-refractivity contribution in [3.8, 4) is 0 Å². The van der Waals surface area contributed by atoms with Crippen molar-refractivity contribution in [3.63, 3.8) is 0 Å². The number of hydrogen-bond acceptors (Lipinski definition) is 4. The lowest BCUT2D eigenvalue weighted by Gasteiger charge is -2.30. The van der Waals surface area contributed by atoms with E-state index in [-0.39, 0.29) is 24.2 Å². The van der Waals surface area contributed by atoms with Gasteiger partial charge in [-0.25, -0.2) is 0 Å². The molecule has 1 saturated carbocycles. The Morgan fingerprint density at radius 3 is 2.95 bits per heavy atom. The van der Waals surface area contributed by atoms with Crippen LogP contribution in [0.3, 0.4) is 0 Å². The van der Waals surface area contributed by atoms with E-state index >= 15 is 0 Å². The Morgan fingerprint density at radius 1 is 1.47 bits per heavy atom. The highest BCUT2D eigenvalue weighted by Gasteiger charge is 2.46. The molecule has 1 unspecified atom stereocenters. The molecule has 1 aromatic rings. The molecule has 2 fully saturated rings. The molecule has 1 amide bonds. The smallest absolute Gasteiger partial charge is 0.254 e. The summed E-state index contributed by atoms with van der Waals surface area (Å²) in [7, 11) is 0. The van der Waals surface area contributed by atoms with Gasteiger partial charge in [0.1, 0.15) is 18.6 Å². The van der Waals surface area contributed by atoms with E-state index in [1.807, 2.05) is 0 Å². The number of rotatable bonds is 3. The van der Waals surface area contributed by atoms with Gasteiger partial charge < -0.3 is 19.6 Å². The van der Waals surface area contributed by atoms with Gasteiger partial charge in [0.05, 0.1) is 17.2 Å². The lowest BCUT2D eigenvalue weighted by Crippen LogP contribution is -2.48. The number of nitrogens with one attached hydrogen (secondary N) is 1. The Morgan fingerprint density at radius 2 is 2.26 bits per heavy atom. The highest BCUT2D eigenvalue weighted by Crippen LogP contribution is 2.41. The maximum Gasteiger partial charge on any atom is 0.254 e. The zero-order valence-electron chi connectivity index (χ0n) is 10.9. The van der Waals surface area contributed by atoms with E-state index in [0.717, 1.165) is 25.9 Å². The fraction of sp³-hybridized carbons (Fsp3) is 0.643. The number of aliphatic hydroxyl groups is 1. The Kier molecular flexibility index (Phi) is 3.33. The summed E-state index contributed by atoms with van der Waals surface area (Å²) < 4.78 is 11.0. The SMILES string of the molecule is O=C(NC1CCOC12CCCC2)c1coc(CO)c1. The summed E-state index contributed by atoms with van der Waals surface area (Å²) in [5, 5.41) is 12.0. The third-order valence-corrected chi connectivity index (χ3v) is 4.26. The summed E-state index contributed by atoms with van der Waals surface area (Å²) in [6, 6.07) is 1.67. The highest BCUT2D eigenvalue weighted by atomic mass is 16.5. The standard InChI is InChI=1S/C14H19NO4/c16-8-11-7-10(9-18-11)13(17)15-12-3-6-19-14(12)4-1-2-5-14/h7,9,12,16H,1-6,8H2,(H,15,17). The van der Waals surface area contributed by atoms with E-state index in [4.69, 9.17) is 14.3 Å². The molecule has 1 spiro atoms. The lowest BCUT2D eigenvalue weighted by molar-refractivity contribution is -0.00401. The predicted octanol–water partition coefficient (Wildman–Crippen LogP) is 1.60. The Hall–Kier alpha value is -1.33. The fourth-order valence-corrected chi connectivity index (χ4v) is 3.24. The van der Waals surface area contributed by atoms with E-state index in [1.165, 1.54) is 19.1 Å². The van der Waals surface area contributed by atoms with Crippen LogP contribution in [-0.2, 0) is 11.3 Å². The van der Waals surface area contributed by atoms with Gasteiger partial charge in [0.25, 0.3) is 5.91 Å². The number of carbonyl (C=O) groups is 1. The first-order valence-electron chi connectivity index (χ1n) is 6.87. The molecule has 1 aromatic heterocycles. The van der Waals surface area contributed by atoms with Gasteiger partial charge in [-0.05, 0) is 25.3 Å². The third-order valence-electron chi connectivity index (χ3n) is 4.26. The molecule has 0 aromatic carbocycles. The summed E-state index contributed by atoms with van der Waals surface area (Å²) in [4.78, 5) is 12.2. The van der Waals surface area contributed by atoms with Gasteiger partial charge in [0, 0.05) is 6.61 Å². The number of carbonyl (C=O) groups excluding carboxylic acids is 1. The van der Waals surface area contributed by atoms with E-state index in [2.05, 4.69) is 5.32 Å². The second kappa shape index (κ2) is 4.98. The Labute approximate surface area is 111 Å². The Bertz CT molecular complexity index is 456. The molecule has 104 valence electrons. The van der Waals surface area contributed by atoms with Crippen molar-refractivity contribution in [2.45, 2.75) is 50.4 Å². The molecule has 3 rings (SSSR count). The van der Waals surface area contributed by atoms with Crippen LogP contribution in [0.15, 0.2) is 16.7 Å². The van der Waals surface area contributed by atoms with Crippen molar-refractivity contribution in [2.24, 2.45) is 0 Å². The molecular weight excluding hydrogens is 246 g/mol. The number of furan rings is 1. The molecule has 1 atom stereocenters. The summed E-state index contributed by atoms with van der Waals surface area (Å²) >= 11 is 0. The van der Waals surface area contributed by atoms with Gasteiger partial charge >= 0.3 is 0 Å². The first kappa shape index (κ1) is 12.7. The zero-order valence-corrected chi connectivity index (χ0v) is 10.9. The van der Waals surface area contributed by atoms with E-state index in [1.54, 1.807) is 6.07 Å². The van der Waals surface area contributed by atoms with Crippen LogP contribution >= 0.6 is 0 Å². The largest absolute Gasteiger partial charge is 0.466 e. The molecule has 19 heavy (non-hydrogen) atoms. The van der Waals surface area contributed by atoms with Crippen LogP contribution in [-0.4, -0.2) is 29.3 Å². The van der Waals surface area contributed by atoms with Crippen LogP contribution in [0, 0.1) is 0 Å².